The quantitative estimate of drug-likeness (QED) is 0.768. The Morgan fingerprint density at radius 1 is 1.40 bits per heavy atom. The van der Waals surface area contributed by atoms with Crippen LogP contribution in [0.2, 0.25) is 0 Å². The van der Waals surface area contributed by atoms with E-state index in [2.05, 4.69) is 18.0 Å². The van der Waals surface area contributed by atoms with Crippen molar-refractivity contribution in [2.24, 2.45) is 5.92 Å². The molecule has 0 N–H and O–H groups in total. The number of aromatic nitrogens is 1. The summed E-state index contributed by atoms with van der Waals surface area (Å²) in [6.45, 7) is 2.29. The van der Waals surface area contributed by atoms with Crippen LogP contribution in [0.15, 0.2) is 30.3 Å². The average molecular weight is 280 g/mol. The SMILES string of the molecule is C[C@H]1CCc2nc(/C(C#N)=C/c3ccccc3)sc2C1. The Hall–Kier alpha value is -1.92. The second-order valence-electron chi connectivity index (χ2n) is 5.32. The van der Waals surface area contributed by atoms with Gasteiger partial charge in [0.05, 0.1) is 11.3 Å². The molecule has 0 spiro atoms. The normalized spacial score (nSPS) is 18.4. The molecule has 100 valence electrons. The molecule has 0 bridgehead atoms. The van der Waals surface area contributed by atoms with Gasteiger partial charge in [0.15, 0.2) is 0 Å². The van der Waals surface area contributed by atoms with E-state index in [9.17, 15) is 5.26 Å². The minimum atomic E-state index is 0.670. The van der Waals surface area contributed by atoms with Crippen molar-refractivity contribution in [3.8, 4) is 6.07 Å². The van der Waals surface area contributed by atoms with Crippen LogP contribution < -0.4 is 0 Å². The first-order chi connectivity index (χ1) is 9.76. The molecule has 2 nitrogen and oxygen atoms in total. The Morgan fingerprint density at radius 3 is 2.95 bits per heavy atom. The first kappa shape index (κ1) is 13.1. The number of nitriles is 1. The maximum atomic E-state index is 9.40. The Labute approximate surface area is 123 Å². The second kappa shape index (κ2) is 5.60. The van der Waals surface area contributed by atoms with Gasteiger partial charge in [0.1, 0.15) is 11.1 Å². The van der Waals surface area contributed by atoms with Gasteiger partial charge in [-0.05, 0) is 36.8 Å². The lowest BCUT2D eigenvalue weighted by Crippen LogP contribution is -2.09. The lowest BCUT2D eigenvalue weighted by Gasteiger charge is -2.15. The highest BCUT2D eigenvalue weighted by Crippen LogP contribution is 2.32. The zero-order chi connectivity index (χ0) is 13.9. The Balaban J connectivity index is 1.95. The van der Waals surface area contributed by atoms with Crippen molar-refractivity contribution in [3.05, 3.63) is 51.5 Å². The molecule has 0 unspecified atom stereocenters. The van der Waals surface area contributed by atoms with E-state index < -0.39 is 0 Å². The predicted octanol–water partition coefficient (Wildman–Crippen LogP) is 4.33. The summed E-state index contributed by atoms with van der Waals surface area (Å²) < 4.78 is 0. The summed E-state index contributed by atoms with van der Waals surface area (Å²) >= 11 is 1.69. The lowest BCUT2D eigenvalue weighted by atomic mass is 9.93. The molecule has 1 aromatic carbocycles. The molecule has 0 fully saturated rings. The molecular formula is C17H16N2S. The van der Waals surface area contributed by atoms with E-state index in [1.807, 2.05) is 36.4 Å². The van der Waals surface area contributed by atoms with Gasteiger partial charge in [0.2, 0.25) is 0 Å². The van der Waals surface area contributed by atoms with Gasteiger partial charge in [-0.15, -0.1) is 11.3 Å². The van der Waals surface area contributed by atoms with Gasteiger partial charge in [-0.3, -0.25) is 0 Å². The number of aryl methyl sites for hydroxylation is 1. The molecule has 0 radical (unpaired) electrons. The molecule has 1 atom stereocenters. The molecular weight excluding hydrogens is 264 g/mol. The van der Waals surface area contributed by atoms with Crippen molar-refractivity contribution in [2.75, 3.05) is 0 Å². The summed E-state index contributed by atoms with van der Waals surface area (Å²) in [6.07, 6.45) is 5.29. The topological polar surface area (TPSA) is 36.7 Å². The van der Waals surface area contributed by atoms with Crippen LogP contribution in [0.3, 0.4) is 0 Å². The van der Waals surface area contributed by atoms with Crippen LogP contribution in [0.25, 0.3) is 11.6 Å². The van der Waals surface area contributed by atoms with E-state index in [1.54, 1.807) is 11.3 Å². The molecule has 1 aromatic heterocycles. The molecule has 2 aromatic rings. The maximum absolute atomic E-state index is 9.40. The van der Waals surface area contributed by atoms with Crippen molar-refractivity contribution in [1.29, 1.82) is 5.26 Å². The number of benzene rings is 1. The number of fused-ring (bicyclic) bond motifs is 1. The largest absolute Gasteiger partial charge is 0.240 e. The number of allylic oxidation sites excluding steroid dienone is 1. The van der Waals surface area contributed by atoms with Gasteiger partial charge in [0, 0.05) is 4.88 Å². The molecule has 0 amide bonds. The fourth-order valence-corrected chi connectivity index (χ4v) is 3.75. The van der Waals surface area contributed by atoms with Gasteiger partial charge in [-0.2, -0.15) is 5.26 Å². The predicted molar refractivity (Wildman–Crippen MR) is 83.2 cm³/mol. The minimum Gasteiger partial charge on any atom is -0.240 e. The van der Waals surface area contributed by atoms with Crippen LogP contribution in [-0.2, 0) is 12.8 Å². The van der Waals surface area contributed by atoms with E-state index in [0.717, 1.165) is 29.3 Å². The number of hydrogen-bond acceptors (Lipinski definition) is 3. The molecule has 3 rings (SSSR count). The molecule has 1 aliphatic carbocycles. The van der Waals surface area contributed by atoms with Crippen molar-refractivity contribution < 1.29 is 0 Å². The summed E-state index contributed by atoms with van der Waals surface area (Å²) in [5.41, 5.74) is 2.92. The van der Waals surface area contributed by atoms with Gasteiger partial charge in [-0.25, -0.2) is 4.98 Å². The van der Waals surface area contributed by atoms with Crippen molar-refractivity contribution in [2.45, 2.75) is 26.2 Å². The van der Waals surface area contributed by atoms with E-state index in [-0.39, 0.29) is 0 Å². The number of thiazole rings is 1. The van der Waals surface area contributed by atoms with Crippen molar-refractivity contribution in [3.63, 3.8) is 0 Å². The first-order valence-electron chi connectivity index (χ1n) is 6.92. The molecule has 3 heteroatoms. The summed E-state index contributed by atoms with van der Waals surface area (Å²) in [4.78, 5) is 6.05. The molecule has 0 saturated heterocycles. The van der Waals surface area contributed by atoms with Crippen LogP contribution in [0.1, 0.15) is 34.5 Å². The standard InChI is InChI=1S/C17H16N2S/c1-12-7-8-15-16(9-12)20-17(19-15)14(11-18)10-13-5-3-2-4-6-13/h2-6,10,12H,7-9H2,1H3/b14-10+/t12-/m0/s1. The minimum absolute atomic E-state index is 0.670. The van der Waals surface area contributed by atoms with Crippen LogP contribution >= 0.6 is 11.3 Å². The van der Waals surface area contributed by atoms with Gasteiger partial charge in [0.25, 0.3) is 0 Å². The van der Waals surface area contributed by atoms with E-state index in [1.165, 1.54) is 17.0 Å². The van der Waals surface area contributed by atoms with Crippen LogP contribution in [-0.4, -0.2) is 4.98 Å². The van der Waals surface area contributed by atoms with E-state index in [0.29, 0.717) is 5.57 Å². The highest BCUT2D eigenvalue weighted by Gasteiger charge is 2.20. The summed E-state index contributed by atoms with van der Waals surface area (Å²) in [5, 5.41) is 10.3. The van der Waals surface area contributed by atoms with Crippen LogP contribution in [0.5, 0.6) is 0 Å². The number of hydrogen-bond donors (Lipinski definition) is 0. The Kier molecular flexibility index (Phi) is 3.66. The van der Waals surface area contributed by atoms with Gasteiger partial charge in [-0.1, -0.05) is 37.3 Å². The van der Waals surface area contributed by atoms with Crippen molar-refractivity contribution >= 4 is 23.0 Å². The van der Waals surface area contributed by atoms with E-state index in [4.69, 9.17) is 0 Å². The Bertz CT molecular complexity index is 677. The fraction of sp³-hybridized carbons (Fsp3) is 0.294. The van der Waals surface area contributed by atoms with Gasteiger partial charge >= 0.3 is 0 Å². The smallest absolute Gasteiger partial charge is 0.134 e. The fourth-order valence-electron chi connectivity index (χ4n) is 2.51. The monoisotopic (exact) mass is 280 g/mol. The maximum Gasteiger partial charge on any atom is 0.134 e. The Morgan fingerprint density at radius 2 is 2.20 bits per heavy atom. The molecule has 20 heavy (non-hydrogen) atoms. The summed E-state index contributed by atoms with van der Waals surface area (Å²) in [5.74, 6) is 0.736. The third-order valence-corrected chi connectivity index (χ3v) is 4.80. The zero-order valence-electron chi connectivity index (χ0n) is 11.5. The number of nitrogens with zero attached hydrogens (tertiary/aromatic N) is 2. The van der Waals surface area contributed by atoms with Crippen molar-refractivity contribution in [1.82, 2.24) is 4.98 Å². The lowest BCUT2D eigenvalue weighted by molar-refractivity contribution is 0.502. The molecule has 0 aliphatic heterocycles. The molecule has 1 heterocycles. The third kappa shape index (κ3) is 2.66. The summed E-state index contributed by atoms with van der Waals surface area (Å²) in [6, 6.07) is 12.3. The highest BCUT2D eigenvalue weighted by molar-refractivity contribution is 7.13. The zero-order valence-corrected chi connectivity index (χ0v) is 12.3. The second-order valence-corrected chi connectivity index (χ2v) is 6.40. The van der Waals surface area contributed by atoms with Gasteiger partial charge < -0.3 is 0 Å². The van der Waals surface area contributed by atoms with E-state index >= 15 is 0 Å². The highest BCUT2D eigenvalue weighted by atomic mass is 32.1. The number of rotatable bonds is 2. The third-order valence-electron chi connectivity index (χ3n) is 3.65. The molecule has 0 saturated carbocycles. The molecule has 1 aliphatic rings. The summed E-state index contributed by atoms with van der Waals surface area (Å²) in [7, 11) is 0. The van der Waals surface area contributed by atoms with Crippen LogP contribution in [0, 0.1) is 17.2 Å². The first-order valence-corrected chi connectivity index (χ1v) is 7.73. The average Bonchev–Trinajstić information content (AvgIpc) is 2.88. The van der Waals surface area contributed by atoms with Crippen LogP contribution in [0.4, 0.5) is 0 Å².